The summed E-state index contributed by atoms with van der Waals surface area (Å²) in [4.78, 5) is 33.8. The lowest BCUT2D eigenvalue weighted by Gasteiger charge is -2.28. The largest absolute Gasteiger partial charge is 0.475 e. The van der Waals surface area contributed by atoms with Crippen LogP contribution in [0.5, 0.6) is 0 Å². The van der Waals surface area contributed by atoms with Gasteiger partial charge in [0.2, 0.25) is 5.78 Å². The van der Waals surface area contributed by atoms with Gasteiger partial charge in [0.05, 0.1) is 12.1 Å². The number of aliphatic carboxylic acids is 1. The zero-order valence-corrected chi connectivity index (χ0v) is 13.8. The number of aliphatic hydroxyl groups excluding tert-OH is 1. The molecule has 3 atom stereocenters. The summed E-state index contributed by atoms with van der Waals surface area (Å²) in [5, 5.41) is 21.3. The van der Waals surface area contributed by atoms with E-state index >= 15 is 0 Å². The molecule has 1 aromatic carbocycles. The lowest BCUT2D eigenvalue weighted by atomic mass is 9.92. The van der Waals surface area contributed by atoms with Crippen LogP contribution in [0.1, 0.15) is 32.3 Å². The fraction of sp³-hybridized carbons (Fsp3) is 0.471. The number of carbonyl (C=O) groups excluding carboxylic acids is 2. The monoisotopic (exact) mass is 337 g/mol. The van der Waals surface area contributed by atoms with Crippen LogP contribution in [0.4, 0.5) is 4.79 Å². The van der Waals surface area contributed by atoms with E-state index in [0.717, 1.165) is 5.56 Å². The van der Waals surface area contributed by atoms with Crippen molar-refractivity contribution in [3.05, 3.63) is 35.9 Å². The molecule has 3 N–H and O–H groups in total. The second-order valence-corrected chi connectivity index (χ2v) is 5.62. The molecule has 3 unspecified atom stereocenters. The number of carbonyl (C=O) groups is 3. The molecule has 7 heteroatoms. The van der Waals surface area contributed by atoms with Crippen molar-refractivity contribution in [1.82, 2.24) is 5.32 Å². The topological polar surface area (TPSA) is 113 Å². The van der Waals surface area contributed by atoms with Crippen molar-refractivity contribution in [1.29, 1.82) is 0 Å². The van der Waals surface area contributed by atoms with Crippen LogP contribution in [0.25, 0.3) is 0 Å². The minimum atomic E-state index is -1.61. The minimum Gasteiger partial charge on any atom is -0.475 e. The maximum atomic E-state index is 11.9. The van der Waals surface area contributed by atoms with Gasteiger partial charge in [-0.1, -0.05) is 50.6 Å². The molecule has 0 saturated heterocycles. The van der Waals surface area contributed by atoms with Crippen molar-refractivity contribution in [3.63, 3.8) is 0 Å². The Hall–Kier alpha value is -2.41. The van der Waals surface area contributed by atoms with Gasteiger partial charge in [-0.05, 0) is 11.5 Å². The minimum absolute atomic E-state index is 0.0735. The maximum Gasteiger partial charge on any atom is 0.407 e. The molecular formula is C17H23NO6. The molecule has 1 amide bonds. The molecule has 0 spiro atoms. The third-order valence-electron chi connectivity index (χ3n) is 3.80. The number of ketones is 1. The van der Waals surface area contributed by atoms with E-state index in [1.54, 1.807) is 19.1 Å². The molecule has 0 bridgehead atoms. The summed E-state index contributed by atoms with van der Waals surface area (Å²) in [6.07, 6.45) is -1.97. The number of alkyl carbamates (subject to hydrolysis) is 1. The van der Waals surface area contributed by atoms with Crippen molar-refractivity contribution < 1.29 is 29.3 Å². The van der Waals surface area contributed by atoms with E-state index in [0.29, 0.717) is 6.42 Å². The molecule has 0 radical (unpaired) electrons. The fourth-order valence-corrected chi connectivity index (χ4v) is 2.18. The average Bonchev–Trinajstić information content (AvgIpc) is 2.57. The van der Waals surface area contributed by atoms with Crippen LogP contribution in [0.15, 0.2) is 30.3 Å². The predicted octanol–water partition coefficient (Wildman–Crippen LogP) is 1.73. The Bertz CT molecular complexity index is 559. The standard InChI is InChI=1S/C17H23NO6/c1-3-11(2)15(13(19)9-14(20)16(21)22)18-17(23)24-10-12-7-5-4-6-8-12/h4-8,11,13,15,19H,3,9-10H2,1-2H3,(H,18,23)(H,21,22). The first-order valence-electron chi connectivity index (χ1n) is 7.76. The lowest BCUT2D eigenvalue weighted by Crippen LogP contribution is -2.48. The zero-order valence-electron chi connectivity index (χ0n) is 13.8. The number of hydrogen-bond acceptors (Lipinski definition) is 5. The molecule has 0 aliphatic rings. The number of hydrogen-bond donors (Lipinski definition) is 3. The maximum absolute atomic E-state index is 11.9. The molecule has 1 rings (SSSR count). The number of rotatable bonds is 9. The van der Waals surface area contributed by atoms with Crippen LogP contribution < -0.4 is 5.32 Å². The van der Waals surface area contributed by atoms with Crippen LogP contribution >= 0.6 is 0 Å². The number of amides is 1. The lowest BCUT2D eigenvalue weighted by molar-refractivity contribution is -0.150. The molecule has 0 aliphatic carbocycles. The fourth-order valence-electron chi connectivity index (χ4n) is 2.18. The summed E-state index contributed by atoms with van der Waals surface area (Å²) in [6.45, 7) is 3.72. The highest BCUT2D eigenvalue weighted by atomic mass is 16.5. The van der Waals surface area contributed by atoms with E-state index in [1.807, 2.05) is 25.1 Å². The Labute approximate surface area is 140 Å². The molecule has 0 saturated carbocycles. The van der Waals surface area contributed by atoms with Gasteiger partial charge in [-0.15, -0.1) is 0 Å². The van der Waals surface area contributed by atoms with Gasteiger partial charge in [-0.25, -0.2) is 9.59 Å². The van der Waals surface area contributed by atoms with Gasteiger partial charge >= 0.3 is 12.1 Å². The van der Waals surface area contributed by atoms with Crippen LogP contribution in [-0.4, -0.2) is 40.2 Å². The van der Waals surface area contributed by atoms with E-state index in [2.05, 4.69) is 5.32 Å². The first-order valence-corrected chi connectivity index (χ1v) is 7.76. The molecule has 0 heterocycles. The molecule has 0 fully saturated rings. The van der Waals surface area contributed by atoms with E-state index in [1.165, 1.54) is 0 Å². The SMILES string of the molecule is CCC(C)C(NC(=O)OCc1ccccc1)C(O)CC(=O)C(=O)O. The highest BCUT2D eigenvalue weighted by Crippen LogP contribution is 2.15. The van der Waals surface area contributed by atoms with Gasteiger partial charge in [0.15, 0.2) is 0 Å². The highest BCUT2D eigenvalue weighted by molar-refractivity contribution is 6.32. The van der Waals surface area contributed by atoms with Crippen molar-refractivity contribution in [3.8, 4) is 0 Å². The van der Waals surface area contributed by atoms with Crippen molar-refractivity contribution in [2.24, 2.45) is 5.92 Å². The van der Waals surface area contributed by atoms with Gasteiger partial charge in [0, 0.05) is 6.42 Å². The normalized spacial score (nSPS) is 14.3. The van der Waals surface area contributed by atoms with E-state index in [-0.39, 0.29) is 12.5 Å². The van der Waals surface area contributed by atoms with E-state index in [9.17, 15) is 19.5 Å². The van der Waals surface area contributed by atoms with E-state index in [4.69, 9.17) is 9.84 Å². The Morgan fingerprint density at radius 1 is 1.21 bits per heavy atom. The molecule has 1 aromatic rings. The molecule has 7 nitrogen and oxygen atoms in total. The number of carboxylic acid groups (broad SMARTS) is 1. The quantitative estimate of drug-likeness (QED) is 0.592. The van der Waals surface area contributed by atoms with Crippen LogP contribution in [0.2, 0.25) is 0 Å². The number of carboxylic acids is 1. The summed E-state index contributed by atoms with van der Waals surface area (Å²) in [5.74, 6) is -2.87. The van der Waals surface area contributed by atoms with Gasteiger partial charge in [0.25, 0.3) is 0 Å². The number of benzene rings is 1. The van der Waals surface area contributed by atoms with Crippen LogP contribution in [-0.2, 0) is 20.9 Å². The first kappa shape index (κ1) is 19.6. The molecular weight excluding hydrogens is 314 g/mol. The number of Topliss-reactive ketones (excluding diaryl/α,β-unsaturated/α-hetero) is 1. The smallest absolute Gasteiger partial charge is 0.407 e. The third-order valence-corrected chi connectivity index (χ3v) is 3.80. The Morgan fingerprint density at radius 3 is 2.38 bits per heavy atom. The van der Waals surface area contributed by atoms with Gasteiger partial charge in [0.1, 0.15) is 6.61 Å². The molecule has 132 valence electrons. The number of aliphatic hydroxyl groups is 1. The number of ether oxygens (including phenoxy) is 1. The van der Waals surface area contributed by atoms with Gasteiger partial charge in [-0.2, -0.15) is 0 Å². The zero-order chi connectivity index (χ0) is 18.1. The summed E-state index contributed by atoms with van der Waals surface area (Å²) >= 11 is 0. The Morgan fingerprint density at radius 2 is 1.83 bits per heavy atom. The first-order chi connectivity index (χ1) is 11.3. The van der Waals surface area contributed by atoms with Crippen molar-refractivity contribution >= 4 is 17.8 Å². The third kappa shape index (κ3) is 6.37. The van der Waals surface area contributed by atoms with Crippen LogP contribution in [0, 0.1) is 5.92 Å². The van der Waals surface area contributed by atoms with Crippen LogP contribution in [0.3, 0.4) is 0 Å². The van der Waals surface area contributed by atoms with Crippen molar-refractivity contribution in [2.45, 2.75) is 45.4 Å². The number of nitrogens with one attached hydrogen (secondary N) is 1. The molecule has 0 aliphatic heterocycles. The Balaban J connectivity index is 2.62. The highest BCUT2D eigenvalue weighted by Gasteiger charge is 2.30. The van der Waals surface area contributed by atoms with Gasteiger partial charge in [-0.3, -0.25) is 4.79 Å². The summed E-state index contributed by atoms with van der Waals surface area (Å²) in [5.41, 5.74) is 0.814. The Kier molecular flexibility index (Phi) is 7.91. The van der Waals surface area contributed by atoms with Gasteiger partial charge < -0.3 is 20.3 Å². The second-order valence-electron chi connectivity index (χ2n) is 5.62. The molecule has 0 aromatic heterocycles. The summed E-state index contributed by atoms with van der Waals surface area (Å²) in [6, 6.07) is 8.32. The second kappa shape index (κ2) is 9.67. The summed E-state index contributed by atoms with van der Waals surface area (Å²) < 4.78 is 5.09. The van der Waals surface area contributed by atoms with Crippen molar-refractivity contribution in [2.75, 3.05) is 0 Å². The predicted molar refractivity (Wildman–Crippen MR) is 86.3 cm³/mol. The van der Waals surface area contributed by atoms with E-state index < -0.39 is 36.4 Å². The average molecular weight is 337 g/mol. The summed E-state index contributed by atoms with van der Waals surface area (Å²) in [7, 11) is 0. The molecule has 24 heavy (non-hydrogen) atoms.